The van der Waals surface area contributed by atoms with Gasteiger partial charge in [-0.3, -0.25) is 19.2 Å². The maximum Gasteiger partial charge on any atom is 0.323 e. The van der Waals surface area contributed by atoms with Crippen molar-refractivity contribution in [2.24, 2.45) is 11.5 Å². The van der Waals surface area contributed by atoms with E-state index in [1.165, 1.54) is 0 Å². The van der Waals surface area contributed by atoms with E-state index in [4.69, 9.17) is 11.5 Å². The lowest BCUT2D eigenvalue weighted by atomic mass is 10.2. The molecule has 0 aromatic carbocycles. The van der Waals surface area contributed by atoms with Crippen molar-refractivity contribution in [3.8, 4) is 0 Å². The van der Waals surface area contributed by atoms with Gasteiger partial charge in [0.05, 0.1) is 27.1 Å². The SMILES string of the molecule is COC(=O)CC(N)C(=O)OCC(O)COC(=O)C(N)CC(=O)OC. The second-order valence-electron chi connectivity index (χ2n) is 4.69. The molecule has 2 unspecified atom stereocenters. The van der Waals surface area contributed by atoms with Crippen LogP contribution in [0.3, 0.4) is 0 Å². The van der Waals surface area contributed by atoms with Gasteiger partial charge in [0.1, 0.15) is 31.4 Å². The van der Waals surface area contributed by atoms with E-state index in [1.807, 2.05) is 0 Å². The summed E-state index contributed by atoms with van der Waals surface area (Å²) in [4.78, 5) is 44.8. The van der Waals surface area contributed by atoms with Crippen molar-refractivity contribution in [2.75, 3.05) is 27.4 Å². The Labute approximate surface area is 138 Å². The smallest absolute Gasteiger partial charge is 0.323 e. The van der Waals surface area contributed by atoms with Crippen LogP contribution in [0.4, 0.5) is 0 Å². The second kappa shape index (κ2) is 11.3. The summed E-state index contributed by atoms with van der Waals surface area (Å²) in [6, 6.07) is -2.47. The molecule has 0 rings (SSSR count). The Morgan fingerprint density at radius 1 is 0.833 bits per heavy atom. The van der Waals surface area contributed by atoms with Gasteiger partial charge in [-0.1, -0.05) is 0 Å². The van der Waals surface area contributed by atoms with E-state index in [9.17, 15) is 24.3 Å². The third-order valence-electron chi connectivity index (χ3n) is 2.67. The fourth-order valence-corrected chi connectivity index (χ4v) is 1.31. The molecule has 0 aromatic heterocycles. The summed E-state index contributed by atoms with van der Waals surface area (Å²) in [6.45, 7) is -1.01. The quantitative estimate of drug-likeness (QED) is 0.274. The number of aliphatic hydroxyl groups is 1. The van der Waals surface area contributed by atoms with E-state index in [0.717, 1.165) is 14.2 Å². The lowest BCUT2D eigenvalue weighted by Gasteiger charge is -2.15. The zero-order chi connectivity index (χ0) is 18.7. The summed E-state index contributed by atoms with van der Waals surface area (Å²) in [6.07, 6.45) is -2.07. The Hall–Kier alpha value is -2.24. The van der Waals surface area contributed by atoms with E-state index >= 15 is 0 Å². The molecule has 5 N–H and O–H groups in total. The first-order chi connectivity index (χ1) is 11.2. The van der Waals surface area contributed by atoms with Crippen molar-refractivity contribution in [2.45, 2.75) is 31.0 Å². The summed E-state index contributed by atoms with van der Waals surface area (Å²) in [5.41, 5.74) is 10.8. The molecule has 24 heavy (non-hydrogen) atoms. The molecule has 0 heterocycles. The molecule has 2 atom stereocenters. The van der Waals surface area contributed by atoms with Gasteiger partial charge in [-0.2, -0.15) is 0 Å². The van der Waals surface area contributed by atoms with E-state index < -0.39 is 55.3 Å². The lowest BCUT2D eigenvalue weighted by Crippen LogP contribution is -2.38. The predicted molar refractivity (Wildman–Crippen MR) is 77.1 cm³/mol. The number of carbonyl (C=O) groups is 4. The molecular weight excluding hydrogens is 328 g/mol. The first kappa shape index (κ1) is 21.8. The highest BCUT2D eigenvalue weighted by Gasteiger charge is 2.23. The Morgan fingerprint density at radius 2 is 1.17 bits per heavy atom. The van der Waals surface area contributed by atoms with Gasteiger partial charge < -0.3 is 35.5 Å². The van der Waals surface area contributed by atoms with Crippen LogP contribution in [0.15, 0.2) is 0 Å². The minimum absolute atomic E-state index is 0.372. The van der Waals surface area contributed by atoms with E-state index in [1.54, 1.807) is 0 Å². The van der Waals surface area contributed by atoms with Crippen molar-refractivity contribution in [1.82, 2.24) is 0 Å². The predicted octanol–water partition coefficient (Wildman–Crippen LogP) is -2.79. The summed E-state index contributed by atoms with van der Waals surface area (Å²) in [5, 5.41) is 9.55. The van der Waals surface area contributed by atoms with Crippen LogP contribution < -0.4 is 11.5 Å². The molecule has 0 radical (unpaired) electrons. The molecule has 0 bridgehead atoms. The highest BCUT2D eigenvalue weighted by molar-refractivity contribution is 5.83. The van der Waals surface area contributed by atoms with E-state index in [2.05, 4.69) is 18.9 Å². The van der Waals surface area contributed by atoms with E-state index in [0.29, 0.717) is 0 Å². The number of nitrogens with two attached hydrogens (primary N) is 2. The zero-order valence-corrected chi connectivity index (χ0v) is 13.4. The average Bonchev–Trinajstić information content (AvgIpc) is 2.56. The second-order valence-corrected chi connectivity index (χ2v) is 4.69. The minimum Gasteiger partial charge on any atom is -0.469 e. The van der Waals surface area contributed by atoms with Crippen LogP contribution >= 0.6 is 0 Å². The Balaban J connectivity index is 4.07. The number of carbonyl (C=O) groups excluding carboxylic acids is 4. The number of hydrogen-bond donors (Lipinski definition) is 3. The maximum atomic E-state index is 11.5. The number of methoxy groups -OCH3 is 2. The van der Waals surface area contributed by atoms with Crippen molar-refractivity contribution >= 4 is 23.9 Å². The summed E-state index contributed by atoms with van der Waals surface area (Å²) in [7, 11) is 2.28. The van der Waals surface area contributed by atoms with Crippen molar-refractivity contribution in [1.29, 1.82) is 0 Å². The van der Waals surface area contributed by atoms with Crippen LogP contribution in [0, 0.1) is 0 Å². The molecule has 0 saturated heterocycles. The fraction of sp³-hybridized carbons (Fsp3) is 0.692. The van der Waals surface area contributed by atoms with Gasteiger partial charge in [-0.05, 0) is 0 Å². The monoisotopic (exact) mass is 350 g/mol. The van der Waals surface area contributed by atoms with Crippen LogP contribution in [0.5, 0.6) is 0 Å². The number of rotatable bonds is 10. The molecule has 0 aliphatic carbocycles. The van der Waals surface area contributed by atoms with Gasteiger partial charge in [-0.15, -0.1) is 0 Å². The summed E-state index contributed by atoms with van der Waals surface area (Å²) < 4.78 is 18.0. The van der Waals surface area contributed by atoms with Crippen molar-refractivity contribution < 1.29 is 43.2 Å². The highest BCUT2D eigenvalue weighted by Crippen LogP contribution is 1.99. The molecule has 0 spiro atoms. The molecule has 0 fully saturated rings. The minimum atomic E-state index is -1.33. The van der Waals surface area contributed by atoms with Crippen molar-refractivity contribution in [3.63, 3.8) is 0 Å². The number of ether oxygens (including phenoxy) is 4. The van der Waals surface area contributed by atoms with Gasteiger partial charge in [0, 0.05) is 0 Å². The molecule has 0 amide bonds. The van der Waals surface area contributed by atoms with Gasteiger partial charge >= 0.3 is 23.9 Å². The highest BCUT2D eigenvalue weighted by atomic mass is 16.6. The third kappa shape index (κ3) is 9.02. The standard InChI is InChI=1S/C13H22N2O9/c1-21-10(17)3-8(14)12(19)23-5-7(16)6-24-13(20)9(15)4-11(18)22-2/h7-9,16H,3-6,14-15H2,1-2H3. The fourth-order valence-electron chi connectivity index (χ4n) is 1.31. The summed E-state index contributed by atoms with van der Waals surface area (Å²) in [5.74, 6) is -3.22. The Bertz CT molecular complexity index is 415. The first-order valence-corrected chi connectivity index (χ1v) is 6.87. The van der Waals surface area contributed by atoms with Gasteiger partial charge in [0.25, 0.3) is 0 Å². The largest absolute Gasteiger partial charge is 0.469 e. The van der Waals surface area contributed by atoms with Crippen LogP contribution in [-0.4, -0.2) is 74.6 Å². The van der Waals surface area contributed by atoms with Gasteiger partial charge in [0.15, 0.2) is 0 Å². The molecule has 0 aliphatic heterocycles. The van der Waals surface area contributed by atoms with Crippen LogP contribution in [0.25, 0.3) is 0 Å². The Kier molecular flexibility index (Phi) is 10.3. The third-order valence-corrected chi connectivity index (χ3v) is 2.67. The zero-order valence-electron chi connectivity index (χ0n) is 13.4. The topological polar surface area (TPSA) is 177 Å². The summed E-state index contributed by atoms with van der Waals surface area (Å²) >= 11 is 0. The van der Waals surface area contributed by atoms with Crippen molar-refractivity contribution in [3.05, 3.63) is 0 Å². The number of esters is 4. The molecule has 138 valence electrons. The molecular formula is C13H22N2O9. The normalized spacial score (nSPS) is 14.0. The number of aliphatic hydroxyl groups excluding tert-OH is 1. The molecule has 0 saturated carbocycles. The first-order valence-electron chi connectivity index (χ1n) is 6.87. The van der Waals surface area contributed by atoms with Gasteiger partial charge in [0.2, 0.25) is 0 Å². The molecule has 11 heteroatoms. The maximum absolute atomic E-state index is 11.5. The molecule has 0 aliphatic rings. The Morgan fingerprint density at radius 3 is 1.46 bits per heavy atom. The molecule has 11 nitrogen and oxygen atoms in total. The lowest BCUT2D eigenvalue weighted by molar-refractivity contribution is -0.157. The van der Waals surface area contributed by atoms with Crippen LogP contribution in [-0.2, 0) is 38.1 Å². The number of hydrogen-bond acceptors (Lipinski definition) is 11. The van der Waals surface area contributed by atoms with E-state index in [-0.39, 0.29) is 12.8 Å². The van der Waals surface area contributed by atoms with Crippen LogP contribution in [0.2, 0.25) is 0 Å². The van der Waals surface area contributed by atoms with Gasteiger partial charge in [-0.25, -0.2) is 0 Å². The van der Waals surface area contributed by atoms with Crippen LogP contribution in [0.1, 0.15) is 12.8 Å². The average molecular weight is 350 g/mol. The molecule has 0 aromatic rings.